The molecule has 106 valence electrons. The maximum absolute atomic E-state index is 12.4. The van der Waals surface area contributed by atoms with Gasteiger partial charge < -0.3 is 15.4 Å². The summed E-state index contributed by atoms with van der Waals surface area (Å²) < 4.78 is 5.23. The van der Waals surface area contributed by atoms with E-state index in [0.717, 1.165) is 6.42 Å². The van der Waals surface area contributed by atoms with E-state index in [9.17, 15) is 4.79 Å². The number of anilines is 1. The van der Waals surface area contributed by atoms with Gasteiger partial charge in [-0.1, -0.05) is 12.1 Å². The van der Waals surface area contributed by atoms with Gasteiger partial charge in [-0.3, -0.25) is 4.79 Å². The van der Waals surface area contributed by atoms with E-state index in [1.165, 1.54) is 12.0 Å². The van der Waals surface area contributed by atoms with Crippen molar-refractivity contribution in [3.05, 3.63) is 46.2 Å². The summed E-state index contributed by atoms with van der Waals surface area (Å²) in [6.07, 6.45) is 0.852. The minimum Gasteiger partial charge on any atom is -0.494 e. The van der Waals surface area contributed by atoms with Gasteiger partial charge in [-0.15, -0.1) is 11.3 Å². The quantitative estimate of drug-likeness (QED) is 0.861. The smallest absolute Gasteiger partial charge is 0.257 e. The molecule has 4 nitrogen and oxygen atoms in total. The number of likely N-dealkylation sites (N-methyl/N-ethyl adjacent to an activating group) is 1. The van der Waals surface area contributed by atoms with Crippen molar-refractivity contribution >= 4 is 22.9 Å². The molecular weight excluding hydrogens is 272 g/mol. The summed E-state index contributed by atoms with van der Waals surface area (Å²) in [7, 11) is 3.31. The summed E-state index contributed by atoms with van der Waals surface area (Å²) in [5, 5.41) is 2.04. The van der Waals surface area contributed by atoms with Crippen LogP contribution in [0.25, 0.3) is 0 Å². The second-order valence-electron chi connectivity index (χ2n) is 4.48. The zero-order chi connectivity index (χ0) is 14.5. The molecule has 1 heterocycles. The monoisotopic (exact) mass is 290 g/mol. The lowest BCUT2D eigenvalue weighted by molar-refractivity contribution is 0.0793. The van der Waals surface area contributed by atoms with E-state index in [-0.39, 0.29) is 5.91 Å². The molecule has 1 aromatic heterocycles. The van der Waals surface area contributed by atoms with Crippen molar-refractivity contribution in [2.45, 2.75) is 6.42 Å². The molecule has 0 aliphatic rings. The van der Waals surface area contributed by atoms with E-state index in [1.807, 2.05) is 11.4 Å². The second kappa shape index (κ2) is 6.43. The summed E-state index contributed by atoms with van der Waals surface area (Å²) in [4.78, 5) is 15.4. The molecule has 0 saturated carbocycles. The van der Waals surface area contributed by atoms with Gasteiger partial charge in [-0.25, -0.2) is 0 Å². The fourth-order valence-corrected chi connectivity index (χ4v) is 2.69. The van der Waals surface area contributed by atoms with Crippen LogP contribution in [-0.2, 0) is 6.42 Å². The van der Waals surface area contributed by atoms with Crippen LogP contribution in [0.1, 0.15) is 15.2 Å². The zero-order valence-electron chi connectivity index (χ0n) is 11.6. The van der Waals surface area contributed by atoms with Crippen molar-refractivity contribution in [1.29, 1.82) is 0 Å². The van der Waals surface area contributed by atoms with Crippen LogP contribution in [-0.4, -0.2) is 31.5 Å². The van der Waals surface area contributed by atoms with Gasteiger partial charge in [-0.2, -0.15) is 0 Å². The number of carbonyl (C=O) groups excluding carboxylic acids is 1. The summed E-state index contributed by atoms with van der Waals surface area (Å²) in [5.41, 5.74) is 6.80. The molecule has 2 N–H and O–H groups in total. The van der Waals surface area contributed by atoms with Gasteiger partial charge in [0.05, 0.1) is 18.4 Å². The molecule has 0 radical (unpaired) electrons. The molecule has 1 amide bonds. The minimum absolute atomic E-state index is 0.0780. The first-order chi connectivity index (χ1) is 9.63. The molecule has 0 saturated heterocycles. The third-order valence-electron chi connectivity index (χ3n) is 3.10. The molecule has 0 aliphatic heterocycles. The molecule has 0 spiro atoms. The number of carbonyl (C=O) groups is 1. The van der Waals surface area contributed by atoms with E-state index in [0.29, 0.717) is 23.5 Å². The van der Waals surface area contributed by atoms with E-state index in [4.69, 9.17) is 10.5 Å². The number of nitrogen functional groups attached to an aromatic ring is 1. The Bertz CT molecular complexity index is 582. The summed E-state index contributed by atoms with van der Waals surface area (Å²) in [5.74, 6) is 0.367. The summed E-state index contributed by atoms with van der Waals surface area (Å²) in [6, 6.07) is 9.31. The highest BCUT2D eigenvalue weighted by atomic mass is 32.1. The molecule has 20 heavy (non-hydrogen) atoms. The first kappa shape index (κ1) is 14.4. The average molecular weight is 290 g/mol. The number of nitrogens with zero attached hydrogens (tertiary/aromatic N) is 1. The number of ether oxygens (including phenoxy) is 1. The number of para-hydroxylation sites is 1. The Morgan fingerprint density at radius 1 is 1.35 bits per heavy atom. The van der Waals surface area contributed by atoms with Crippen LogP contribution in [0.5, 0.6) is 5.75 Å². The van der Waals surface area contributed by atoms with Crippen LogP contribution >= 0.6 is 11.3 Å². The average Bonchev–Trinajstić information content (AvgIpc) is 2.97. The van der Waals surface area contributed by atoms with Crippen molar-refractivity contribution in [3.63, 3.8) is 0 Å². The van der Waals surface area contributed by atoms with Crippen molar-refractivity contribution in [2.75, 3.05) is 26.4 Å². The van der Waals surface area contributed by atoms with Crippen LogP contribution in [0.15, 0.2) is 35.7 Å². The van der Waals surface area contributed by atoms with Gasteiger partial charge in [-0.05, 0) is 30.0 Å². The van der Waals surface area contributed by atoms with Crippen LogP contribution < -0.4 is 10.5 Å². The molecule has 2 aromatic rings. The molecule has 1 aromatic carbocycles. The third kappa shape index (κ3) is 3.11. The molecule has 0 bridgehead atoms. The first-order valence-electron chi connectivity index (χ1n) is 6.33. The topological polar surface area (TPSA) is 55.6 Å². The number of benzene rings is 1. The van der Waals surface area contributed by atoms with Crippen molar-refractivity contribution in [1.82, 2.24) is 4.90 Å². The first-order valence-corrected chi connectivity index (χ1v) is 7.21. The van der Waals surface area contributed by atoms with Gasteiger partial charge in [0.1, 0.15) is 0 Å². The van der Waals surface area contributed by atoms with Crippen LogP contribution in [0.3, 0.4) is 0 Å². The fourth-order valence-electron chi connectivity index (χ4n) is 1.99. The van der Waals surface area contributed by atoms with E-state index in [2.05, 4.69) is 6.07 Å². The SMILES string of the molecule is COc1c(N)cccc1C(=O)N(C)CCc1cccs1. The Morgan fingerprint density at radius 2 is 2.15 bits per heavy atom. The molecule has 0 aliphatic carbocycles. The van der Waals surface area contributed by atoms with E-state index >= 15 is 0 Å². The van der Waals surface area contributed by atoms with Crippen molar-refractivity contribution in [3.8, 4) is 5.75 Å². The van der Waals surface area contributed by atoms with Crippen LogP contribution in [0.4, 0.5) is 5.69 Å². The number of methoxy groups -OCH3 is 1. The van der Waals surface area contributed by atoms with Gasteiger partial charge in [0.2, 0.25) is 0 Å². The maximum atomic E-state index is 12.4. The second-order valence-corrected chi connectivity index (χ2v) is 5.52. The number of hydrogen-bond donors (Lipinski definition) is 1. The maximum Gasteiger partial charge on any atom is 0.257 e. The normalized spacial score (nSPS) is 10.3. The number of nitrogens with two attached hydrogens (primary N) is 1. The highest BCUT2D eigenvalue weighted by Gasteiger charge is 2.18. The van der Waals surface area contributed by atoms with Crippen LogP contribution in [0.2, 0.25) is 0 Å². The lowest BCUT2D eigenvalue weighted by atomic mass is 10.1. The molecule has 2 rings (SSSR count). The van der Waals surface area contributed by atoms with Gasteiger partial charge >= 0.3 is 0 Å². The van der Waals surface area contributed by atoms with Gasteiger partial charge in [0.15, 0.2) is 5.75 Å². The van der Waals surface area contributed by atoms with Gasteiger partial charge in [0.25, 0.3) is 5.91 Å². The van der Waals surface area contributed by atoms with E-state index in [1.54, 1.807) is 41.5 Å². The Hall–Kier alpha value is -2.01. The highest BCUT2D eigenvalue weighted by molar-refractivity contribution is 7.09. The number of amides is 1. The lowest BCUT2D eigenvalue weighted by Crippen LogP contribution is -2.29. The molecule has 0 atom stereocenters. The Morgan fingerprint density at radius 3 is 2.80 bits per heavy atom. The fraction of sp³-hybridized carbons (Fsp3) is 0.267. The summed E-state index contributed by atoms with van der Waals surface area (Å²) >= 11 is 1.70. The van der Waals surface area contributed by atoms with Crippen molar-refractivity contribution in [2.24, 2.45) is 0 Å². The van der Waals surface area contributed by atoms with Crippen molar-refractivity contribution < 1.29 is 9.53 Å². The number of rotatable bonds is 5. The molecular formula is C15H18N2O2S. The standard InChI is InChI=1S/C15H18N2O2S/c1-17(9-8-11-5-4-10-20-11)15(18)12-6-3-7-13(16)14(12)19-2/h3-7,10H,8-9,16H2,1-2H3. The number of thiophene rings is 1. The van der Waals surface area contributed by atoms with Crippen LogP contribution in [0, 0.1) is 0 Å². The Labute approximate surface area is 122 Å². The van der Waals surface area contributed by atoms with Gasteiger partial charge in [0, 0.05) is 18.5 Å². The molecule has 5 heteroatoms. The highest BCUT2D eigenvalue weighted by Crippen LogP contribution is 2.26. The zero-order valence-corrected chi connectivity index (χ0v) is 12.4. The molecule has 0 unspecified atom stereocenters. The number of hydrogen-bond acceptors (Lipinski definition) is 4. The van der Waals surface area contributed by atoms with E-state index < -0.39 is 0 Å². The third-order valence-corrected chi connectivity index (χ3v) is 4.04. The largest absolute Gasteiger partial charge is 0.494 e. The molecule has 0 fully saturated rings. The summed E-state index contributed by atoms with van der Waals surface area (Å²) in [6.45, 7) is 0.664. The minimum atomic E-state index is -0.0780. The Kier molecular flexibility index (Phi) is 4.63. The predicted molar refractivity (Wildman–Crippen MR) is 82.4 cm³/mol. The lowest BCUT2D eigenvalue weighted by Gasteiger charge is -2.19. The predicted octanol–water partition coefficient (Wildman–Crippen LogP) is 2.65. The Balaban J connectivity index is 2.08.